The van der Waals surface area contributed by atoms with Crippen LogP contribution in [0.3, 0.4) is 0 Å². The molecule has 5 aromatic rings. The van der Waals surface area contributed by atoms with Crippen molar-refractivity contribution in [3.05, 3.63) is 65.2 Å². The molecule has 3 fully saturated rings. The van der Waals surface area contributed by atoms with Gasteiger partial charge in [0.2, 0.25) is 11.9 Å². The van der Waals surface area contributed by atoms with Gasteiger partial charge in [-0.25, -0.2) is 24.5 Å². The van der Waals surface area contributed by atoms with Crippen molar-refractivity contribution >= 4 is 70.7 Å². The fraction of sp³-hybridized carbons (Fsp3) is 0.525. The third-order valence-corrected chi connectivity index (χ3v) is 18.5. The van der Waals surface area contributed by atoms with Crippen LogP contribution in [0.5, 0.6) is 0 Å². The van der Waals surface area contributed by atoms with E-state index < -0.39 is 97.6 Å². The number of aromatic amines is 1. The lowest BCUT2D eigenvalue weighted by Crippen LogP contribution is -2.50. The standard InChI is InChI=1S/C40H51N11O13P2Si/c1-22(2)34(52)48-39-47-33-28(36(54)49-39)45-21-51(33)38-30-29(64-67(6,7)40(3,4)5)26(61-38)18-57-65(55)62-25-16-24(17-59-66(56,63-30)58-15-11-14-41)60-37(25)50-20-44-27-31(42-19-43-32(27)50)46-35(53)23-12-9-8-10-13-23/h8-10,12-13,19-22,24-26,29-30,37-38,55H,11,15-18H2,1-7H3,(H,42,43,46,53)(H2,47,48,49,52,54)/t24-,25+,26+,29+,30+,37+,38+,65?,66?/m0/s1. The minimum atomic E-state index is -4.73. The summed E-state index contributed by atoms with van der Waals surface area (Å²) in [6.07, 6.45) is -3.89. The van der Waals surface area contributed by atoms with E-state index >= 15 is 4.57 Å². The van der Waals surface area contributed by atoms with Crippen molar-refractivity contribution in [3.63, 3.8) is 0 Å². The number of H-pyrrole nitrogens is 1. The summed E-state index contributed by atoms with van der Waals surface area (Å²) in [5.41, 5.74) is 0.100. The second-order valence-corrected chi connectivity index (χ2v) is 25.1. The van der Waals surface area contributed by atoms with E-state index in [2.05, 4.69) is 40.5 Å². The van der Waals surface area contributed by atoms with Crippen molar-refractivity contribution in [1.29, 1.82) is 5.26 Å². The lowest BCUT2D eigenvalue weighted by Gasteiger charge is -2.40. The molecule has 2 unspecified atom stereocenters. The number of imidazole rings is 2. The SMILES string of the molecule is CC(C)C(=O)Nc1nc2c(ncn2[C@@H]2O[C@@H]3COP(O)O[C@@H]4C[C@@H](COP(=O)(OCCC#N)O[C@@H]2[C@@H]3O[Si](C)(C)C(C)(C)C)O[C@H]4n2cnc3c(NC(=O)c4ccccc4)ncnc32)c(=O)[nH]1. The number of ether oxygens (including phenoxy) is 2. The molecule has 24 nitrogen and oxygen atoms in total. The van der Waals surface area contributed by atoms with Gasteiger partial charge in [0.1, 0.15) is 30.7 Å². The average Bonchev–Trinajstić information content (AvgIpc) is 4.07. The Balaban J connectivity index is 1.15. The molecule has 2 amide bonds. The molecular weight excluding hydrogens is 933 g/mol. The first-order valence-corrected chi connectivity index (χ1v) is 26.9. The summed E-state index contributed by atoms with van der Waals surface area (Å²) in [7, 11) is -10.2. The first-order valence-electron chi connectivity index (χ1n) is 21.4. The molecule has 4 N–H and O–H groups in total. The predicted molar refractivity (Wildman–Crippen MR) is 240 cm³/mol. The largest absolute Gasteiger partial charge is 0.475 e. The van der Waals surface area contributed by atoms with Crippen molar-refractivity contribution < 1.29 is 55.6 Å². The van der Waals surface area contributed by atoms with Gasteiger partial charge in [-0.2, -0.15) is 10.2 Å². The molecule has 7 heterocycles. The molecule has 9 atom stereocenters. The Bertz CT molecular complexity index is 2760. The van der Waals surface area contributed by atoms with E-state index in [-0.39, 0.29) is 65.2 Å². The zero-order chi connectivity index (χ0) is 47.8. The number of benzene rings is 1. The molecule has 4 bridgehead atoms. The van der Waals surface area contributed by atoms with E-state index in [1.54, 1.807) is 48.7 Å². The normalized spacial score (nSPS) is 27.2. The summed E-state index contributed by atoms with van der Waals surface area (Å²) in [5.74, 6) is -1.28. The number of phosphoric ester groups is 1. The van der Waals surface area contributed by atoms with Crippen molar-refractivity contribution in [2.24, 2.45) is 5.92 Å². The van der Waals surface area contributed by atoms with Gasteiger partial charge in [0, 0.05) is 17.9 Å². The van der Waals surface area contributed by atoms with Crippen molar-refractivity contribution in [2.75, 3.05) is 30.5 Å². The maximum absolute atomic E-state index is 15.1. The molecule has 0 radical (unpaired) electrons. The van der Waals surface area contributed by atoms with E-state index in [4.69, 9.17) is 36.5 Å². The Morgan fingerprint density at radius 1 is 1.03 bits per heavy atom. The van der Waals surface area contributed by atoms with E-state index in [9.17, 15) is 24.5 Å². The number of carbonyl (C=O) groups is 2. The zero-order valence-electron chi connectivity index (χ0n) is 37.6. The topological polar surface area (TPSA) is 300 Å². The van der Waals surface area contributed by atoms with Crippen LogP contribution < -0.4 is 16.2 Å². The Labute approximate surface area is 385 Å². The Morgan fingerprint density at radius 2 is 1.76 bits per heavy atom. The smallest absolute Gasteiger partial charge is 0.408 e. The van der Waals surface area contributed by atoms with Gasteiger partial charge in [-0.1, -0.05) is 52.8 Å². The van der Waals surface area contributed by atoms with Crippen LogP contribution in [-0.4, -0.2) is 114 Å². The highest BCUT2D eigenvalue weighted by atomic mass is 31.2. The summed E-state index contributed by atoms with van der Waals surface area (Å²) < 4.78 is 68.7. The third-order valence-electron chi connectivity index (χ3n) is 11.7. The van der Waals surface area contributed by atoms with Crippen LogP contribution in [0.4, 0.5) is 11.8 Å². The van der Waals surface area contributed by atoms with Crippen molar-refractivity contribution in [2.45, 2.75) is 109 Å². The third kappa shape index (κ3) is 10.4. The number of rotatable bonds is 11. The van der Waals surface area contributed by atoms with Crippen LogP contribution in [0.15, 0.2) is 54.1 Å². The molecule has 3 saturated heterocycles. The van der Waals surface area contributed by atoms with Gasteiger partial charge in [0.15, 0.2) is 48.9 Å². The summed E-state index contributed by atoms with van der Waals surface area (Å²) in [6, 6.07) is 10.5. The highest BCUT2D eigenvalue weighted by molar-refractivity contribution is 7.48. The molecule has 8 rings (SSSR count). The highest BCUT2D eigenvalue weighted by Crippen LogP contribution is 2.56. The zero-order valence-corrected chi connectivity index (χ0v) is 40.4. The lowest BCUT2D eigenvalue weighted by atomic mass is 10.1. The molecule has 0 aliphatic carbocycles. The highest BCUT2D eigenvalue weighted by Gasteiger charge is 2.55. The molecule has 1 aromatic carbocycles. The van der Waals surface area contributed by atoms with Gasteiger partial charge >= 0.3 is 16.4 Å². The van der Waals surface area contributed by atoms with Gasteiger partial charge in [-0.15, -0.1) is 0 Å². The van der Waals surface area contributed by atoms with Gasteiger partial charge in [-0.3, -0.25) is 47.4 Å². The van der Waals surface area contributed by atoms with E-state index in [0.29, 0.717) is 5.56 Å². The minimum absolute atomic E-state index is 0.0272. The number of anilines is 2. The average molecular weight is 984 g/mol. The fourth-order valence-corrected chi connectivity index (χ4v) is 10.7. The number of nitriles is 1. The molecule has 67 heavy (non-hydrogen) atoms. The molecular formula is C40H51N11O13P2Si. The van der Waals surface area contributed by atoms with Crippen molar-refractivity contribution in [1.82, 2.24) is 39.0 Å². The van der Waals surface area contributed by atoms with Gasteiger partial charge in [0.25, 0.3) is 11.5 Å². The predicted octanol–water partition coefficient (Wildman–Crippen LogP) is 5.46. The van der Waals surface area contributed by atoms with Gasteiger partial charge in [-0.05, 0) is 30.3 Å². The first kappa shape index (κ1) is 48.5. The number of phosphoric acid groups is 1. The van der Waals surface area contributed by atoms with Crippen LogP contribution in [0, 0.1) is 17.2 Å². The Hall–Kier alpha value is -4.93. The lowest BCUT2D eigenvalue weighted by molar-refractivity contribution is -0.118. The first-order chi connectivity index (χ1) is 31.8. The number of hydrogen-bond donors (Lipinski definition) is 4. The molecule has 27 heteroatoms. The van der Waals surface area contributed by atoms with Gasteiger partial charge in [0.05, 0.1) is 51.1 Å². The Kier molecular flexibility index (Phi) is 14.2. The number of aromatic nitrogens is 8. The summed E-state index contributed by atoms with van der Waals surface area (Å²) >= 11 is 0. The van der Waals surface area contributed by atoms with Crippen LogP contribution in [0.25, 0.3) is 22.3 Å². The van der Waals surface area contributed by atoms with E-state index in [0.717, 1.165) is 0 Å². The maximum atomic E-state index is 15.1. The number of amides is 2. The molecule has 4 aromatic heterocycles. The van der Waals surface area contributed by atoms with Crippen LogP contribution in [-0.2, 0) is 45.9 Å². The fourth-order valence-electron chi connectivity index (χ4n) is 7.24. The minimum Gasteiger partial charge on any atom is -0.408 e. The Morgan fingerprint density at radius 3 is 2.48 bits per heavy atom. The summed E-state index contributed by atoms with van der Waals surface area (Å²) in [6.45, 7) is 12.3. The maximum Gasteiger partial charge on any atom is 0.475 e. The number of nitrogens with zero attached hydrogens (tertiary/aromatic N) is 8. The quantitative estimate of drug-likeness (QED) is 0.0726. The van der Waals surface area contributed by atoms with Crippen LogP contribution in [0.1, 0.15) is 70.3 Å². The molecule has 0 spiro atoms. The van der Waals surface area contributed by atoms with Gasteiger partial charge < -0.3 is 33.2 Å². The second-order valence-electron chi connectivity index (χ2n) is 17.8. The van der Waals surface area contributed by atoms with Crippen molar-refractivity contribution in [3.8, 4) is 6.07 Å². The van der Waals surface area contributed by atoms with Crippen LogP contribution in [0.2, 0.25) is 18.1 Å². The molecule has 0 saturated carbocycles. The molecule has 3 aliphatic rings. The summed E-state index contributed by atoms with van der Waals surface area (Å²) in [4.78, 5) is 75.0. The number of carbonyl (C=O) groups excluding carboxylic acids is 2. The van der Waals surface area contributed by atoms with E-state index in [1.807, 2.05) is 39.9 Å². The summed E-state index contributed by atoms with van der Waals surface area (Å²) in [5, 5.41) is 14.4. The number of nitrogens with one attached hydrogen (secondary N) is 3. The second kappa shape index (κ2) is 19.6. The number of hydrogen-bond acceptors (Lipinski definition) is 19. The number of fused-ring (bicyclic) bond motifs is 6. The molecule has 358 valence electrons. The molecule has 3 aliphatic heterocycles. The monoisotopic (exact) mass is 983 g/mol. The van der Waals surface area contributed by atoms with E-state index in [1.165, 1.54) is 23.5 Å². The van der Waals surface area contributed by atoms with Crippen LogP contribution >= 0.6 is 16.4 Å².